The average molecular weight is 391 g/mol. The van der Waals surface area contributed by atoms with Gasteiger partial charge in [0.1, 0.15) is 10.7 Å². The van der Waals surface area contributed by atoms with Gasteiger partial charge in [-0.3, -0.25) is 0 Å². The molecule has 1 saturated heterocycles. The minimum Gasteiger partial charge on any atom is -0.326 e. The Bertz CT molecular complexity index is 818. The molecule has 1 heterocycles. The highest BCUT2D eigenvalue weighted by atomic mass is 35.5. The quantitative estimate of drug-likeness (QED) is 0.875. The summed E-state index contributed by atoms with van der Waals surface area (Å²) in [7, 11) is -3.94. The number of hydrogen-bond acceptors (Lipinski definition) is 3. The van der Waals surface area contributed by atoms with Gasteiger partial charge in [-0.05, 0) is 23.8 Å². The topological polar surface area (TPSA) is 63.4 Å². The monoisotopic (exact) mass is 390 g/mol. The molecule has 2 N–H and O–H groups in total. The van der Waals surface area contributed by atoms with Crippen molar-refractivity contribution in [2.45, 2.75) is 16.9 Å². The van der Waals surface area contributed by atoms with Gasteiger partial charge in [0.05, 0.1) is 0 Å². The molecule has 3 rings (SSSR count). The van der Waals surface area contributed by atoms with E-state index in [4.69, 9.17) is 17.3 Å². The van der Waals surface area contributed by atoms with Gasteiger partial charge in [0.15, 0.2) is 0 Å². The third kappa shape index (κ3) is 3.58. The van der Waals surface area contributed by atoms with Gasteiger partial charge in [0.25, 0.3) is 0 Å². The molecule has 0 aromatic heterocycles. The molecule has 0 bridgehead atoms. The Hall–Kier alpha value is -1.18. The number of hydrogen-bond donors (Lipinski definition) is 1. The number of sulfonamides is 1. The Balaban J connectivity index is 0.00000208. The van der Waals surface area contributed by atoms with Crippen LogP contribution < -0.4 is 5.73 Å². The molecule has 0 radical (unpaired) electrons. The SMILES string of the molecule is Cl.N[C@@H]1CN(S(=O)(=O)c2ccc(Cl)cc2F)C[C@H]1c1ccccc1. The van der Waals surface area contributed by atoms with Crippen molar-refractivity contribution in [3.8, 4) is 0 Å². The zero-order chi connectivity index (χ0) is 16.6. The number of nitrogens with two attached hydrogens (primary N) is 1. The first kappa shape index (κ1) is 19.1. The fourth-order valence-corrected chi connectivity index (χ4v) is 4.57. The molecule has 0 aliphatic carbocycles. The summed E-state index contributed by atoms with van der Waals surface area (Å²) in [5, 5.41) is 0.154. The lowest BCUT2D eigenvalue weighted by atomic mass is 9.95. The Morgan fingerprint density at radius 3 is 2.42 bits per heavy atom. The molecule has 24 heavy (non-hydrogen) atoms. The van der Waals surface area contributed by atoms with Crippen LogP contribution in [0.25, 0.3) is 0 Å². The van der Waals surface area contributed by atoms with E-state index >= 15 is 0 Å². The van der Waals surface area contributed by atoms with E-state index in [1.807, 2.05) is 30.3 Å². The predicted molar refractivity (Wildman–Crippen MR) is 94.6 cm³/mol. The van der Waals surface area contributed by atoms with Gasteiger partial charge in [-0.25, -0.2) is 12.8 Å². The van der Waals surface area contributed by atoms with Crippen LogP contribution in [0, 0.1) is 5.82 Å². The largest absolute Gasteiger partial charge is 0.326 e. The van der Waals surface area contributed by atoms with Gasteiger partial charge in [-0.1, -0.05) is 41.9 Å². The first-order valence-corrected chi connectivity index (χ1v) is 8.97. The van der Waals surface area contributed by atoms with E-state index in [2.05, 4.69) is 0 Å². The number of halogens is 3. The highest BCUT2D eigenvalue weighted by molar-refractivity contribution is 7.89. The van der Waals surface area contributed by atoms with E-state index in [1.54, 1.807) is 0 Å². The molecule has 1 fully saturated rings. The summed E-state index contributed by atoms with van der Waals surface area (Å²) in [6.07, 6.45) is 0. The number of nitrogens with zero attached hydrogens (tertiary/aromatic N) is 1. The molecule has 130 valence electrons. The molecule has 0 spiro atoms. The normalized spacial score (nSPS) is 21.5. The summed E-state index contributed by atoms with van der Waals surface area (Å²) in [4.78, 5) is -0.372. The van der Waals surface area contributed by atoms with Crippen LogP contribution in [0.15, 0.2) is 53.4 Å². The summed E-state index contributed by atoms with van der Waals surface area (Å²) in [6.45, 7) is 0.388. The van der Waals surface area contributed by atoms with Crippen LogP contribution >= 0.6 is 24.0 Å². The van der Waals surface area contributed by atoms with Gasteiger partial charge in [0, 0.05) is 30.1 Å². The van der Waals surface area contributed by atoms with Crippen LogP contribution in [0.2, 0.25) is 5.02 Å². The summed E-state index contributed by atoms with van der Waals surface area (Å²) >= 11 is 5.68. The molecule has 0 amide bonds. The fraction of sp³-hybridized carbons (Fsp3) is 0.250. The first-order valence-electron chi connectivity index (χ1n) is 7.15. The van der Waals surface area contributed by atoms with Crippen LogP contribution in [0.1, 0.15) is 11.5 Å². The Morgan fingerprint density at radius 2 is 1.79 bits per heavy atom. The second kappa shape index (κ2) is 7.37. The molecular formula is C16H17Cl2FN2O2S. The van der Waals surface area contributed by atoms with Crippen molar-refractivity contribution in [1.29, 1.82) is 0 Å². The summed E-state index contributed by atoms with van der Waals surface area (Å²) in [5.74, 6) is -0.962. The first-order chi connectivity index (χ1) is 10.9. The van der Waals surface area contributed by atoms with Gasteiger partial charge < -0.3 is 5.73 Å². The lowest BCUT2D eigenvalue weighted by molar-refractivity contribution is 0.463. The Morgan fingerprint density at radius 1 is 1.12 bits per heavy atom. The standard InChI is InChI=1S/C16H16ClFN2O2S.ClH/c17-12-6-7-16(14(18)8-12)23(21,22)20-9-13(15(19)10-20)11-4-2-1-3-5-11;/h1-8,13,15H,9-10,19H2;1H/t13-,15+;/m0./s1. The van der Waals surface area contributed by atoms with Crippen LogP contribution in [0.4, 0.5) is 4.39 Å². The Labute approximate surface area is 151 Å². The third-order valence-electron chi connectivity index (χ3n) is 4.07. The second-order valence-electron chi connectivity index (χ2n) is 5.58. The van der Waals surface area contributed by atoms with Gasteiger partial charge in [-0.2, -0.15) is 4.31 Å². The number of rotatable bonds is 3. The van der Waals surface area contributed by atoms with E-state index in [9.17, 15) is 12.8 Å². The maximum absolute atomic E-state index is 14.0. The predicted octanol–water partition coefficient (Wildman–Crippen LogP) is 3.02. The maximum atomic E-state index is 14.0. The zero-order valence-electron chi connectivity index (χ0n) is 12.6. The molecule has 0 unspecified atom stereocenters. The minimum absolute atomic E-state index is 0. The van der Waals surface area contributed by atoms with Crippen molar-refractivity contribution < 1.29 is 12.8 Å². The highest BCUT2D eigenvalue weighted by Gasteiger charge is 2.39. The van der Waals surface area contributed by atoms with Crippen molar-refractivity contribution in [2.24, 2.45) is 5.73 Å². The van der Waals surface area contributed by atoms with Crippen LogP contribution in [-0.4, -0.2) is 31.9 Å². The van der Waals surface area contributed by atoms with E-state index < -0.39 is 15.8 Å². The molecule has 1 aliphatic rings. The van der Waals surface area contributed by atoms with Gasteiger partial charge in [0.2, 0.25) is 10.0 Å². The fourth-order valence-electron chi connectivity index (χ4n) is 2.86. The van der Waals surface area contributed by atoms with Crippen LogP contribution in [0.3, 0.4) is 0 Å². The van der Waals surface area contributed by atoms with Crippen molar-refractivity contribution in [2.75, 3.05) is 13.1 Å². The molecule has 1 aliphatic heterocycles. The smallest absolute Gasteiger partial charge is 0.246 e. The third-order valence-corrected chi connectivity index (χ3v) is 6.17. The lowest BCUT2D eigenvalue weighted by Gasteiger charge is -2.17. The van der Waals surface area contributed by atoms with E-state index in [0.717, 1.165) is 11.6 Å². The molecule has 2 aromatic rings. The van der Waals surface area contributed by atoms with Gasteiger partial charge in [-0.15, -0.1) is 12.4 Å². The van der Waals surface area contributed by atoms with Crippen molar-refractivity contribution >= 4 is 34.0 Å². The molecular weight excluding hydrogens is 374 g/mol. The van der Waals surface area contributed by atoms with E-state index in [0.29, 0.717) is 0 Å². The summed E-state index contributed by atoms with van der Waals surface area (Å²) in [5.41, 5.74) is 7.10. The van der Waals surface area contributed by atoms with Gasteiger partial charge >= 0.3 is 0 Å². The summed E-state index contributed by atoms with van der Waals surface area (Å²) in [6, 6.07) is 12.7. The van der Waals surface area contributed by atoms with Crippen molar-refractivity contribution in [3.05, 3.63) is 64.9 Å². The second-order valence-corrected chi connectivity index (χ2v) is 7.92. The molecule has 2 aromatic carbocycles. The number of benzene rings is 2. The lowest BCUT2D eigenvalue weighted by Crippen LogP contribution is -2.32. The Kier molecular flexibility index (Phi) is 5.88. The minimum atomic E-state index is -3.94. The van der Waals surface area contributed by atoms with Crippen LogP contribution in [0.5, 0.6) is 0 Å². The average Bonchev–Trinajstić information content (AvgIpc) is 2.90. The highest BCUT2D eigenvalue weighted by Crippen LogP contribution is 2.31. The van der Waals surface area contributed by atoms with Crippen molar-refractivity contribution in [3.63, 3.8) is 0 Å². The molecule has 4 nitrogen and oxygen atoms in total. The van der Waals surface area contributed by atoms with E-state index in [-0.39, 0.29) is 47.4 Å². The van der Waals surface area contributed by atoms with Crippen molar-refractivity contribution in [1.82, 2.24) is 4.31 Å². The summed E-state index contributed by atoms with van der Waals surface area (Å²) < 4.78 is 40.6. The maximum Gasteiger partial charge on any atom is 0.246 e. The van der Waals surface area contributed by atoms with E-state index in [1.165, 1.54) is 16.4 Å². The zero-order valence-corrected chi connectivity index (χ0v) is 15.0. The van der Waals surface area contributed by atoms with Crippen LogP contribution in [-0.2, 0) is 10.0 Å². The molecule has 0 saturated carbocycles. The molecule has 8 heteroatoms. The molecule has 2 atom stereocenters.